The summed E-state index contributed by atoms with van der Waals surface area (Å²) in [6, 6.07) is 0. The van der Waals surface area contributed by atoms with Gasteiger partial charge in [-0.05, 0) is 38.7 Å². The lowest BCUT2D eigenvalue weighted by Crippen LogP contribution is -2.62. The zero-order chi connectivity index (χ0) is 37.9. The fraction of sp³-hybridized carbons (Fsp3) is 0.789. The van der Waals surface area contributed by atoms with Crippen molar-refractivity contribution in [3.63, 3.8) is 0 Å². The molecule has 13 heteroatoms. The van der Waals surface area contributed by atoms with Gasteiger partial charge in [0, 0.05) is 56.8 Å². The summed E-state index contributed by atoms with van der Waals surface area (Å²) in [5, 5.41) is 46.4. The van der Waals surface area contributed by atoms with Gasteiger partial charge in [-0.25, -0.2) is 4.79 Å². The van der Waals surface area contributed by atoms with Gasteiger partial charge in [0.1, 0.15) is 12.2 Å². The number of hydrogen-bond donors (Lipinski definition) is 4. The van der Waals surface area contributed by atoms with Crippen molar-refractivity contribution in [1.29, 1.82) is 0 Å². The van der Waals surface area contributed by atoms with Gasteiger partial charge in [0.25, 0.3) is 0 Å². The predicted molar refractivity (Wildman–Crippen MR) is 185 cm³/mol. The van der Waals surface area contributed by atoms with Crippen molar-refractivity contribution in [1.82, 2.24) is 0 Å². The third-order valence-corrected chi connectivity index (χ3v) is 11.3. The van der Waals surface area contributed by atoms with Crippen LogP contribution in [0.15, 0.2) is 35.5 Å². The number of aliphatic hydroxyl groups is 4. The topological polar surface area (TPSA) is 180 Å². The molecule has 11 atom stereocenters. The van der Waals surface area contributed by atoms with Crippen LogP contribution in [-0.4, -0.2) is 120 Å². The van der Waals surface area contributed by atoms with Crippen molar-refractivity contribution in [3.05, 3.63) is 35.5 Å². The number of allylic oxidation sites excluding steroid dienone is 1. The molecule has 0 saturated carbocycles. The molecule has 0 radical (unpaired) electrons. The summed E-state index contributed by atoms with van der Waals surface area (Å²) in [6.45, 7) is 10.7. The largest absolute Gasteiger partial charge is 0.466 e. The van der Waals surface area contributed by atoms with Crippen molar-refractivity contribution in [3.8, 4) is 0 Å². The minimum atomic E-state index is -1.91. The van der Waals surface area contributed by atoms with Crippen molar-refractivity contribution < 1.29 is 63.2 Å². The van der Waals surface area contributed by atoms with Crippen LogP contribution < -0.4 is 0 Å². The summed E-state index contributed by atoms with van der Waals surface area (Å²) in [7, 11) is 4.36. The summed E-state index contributed by atoms with van der Waals surface area (Å²) in [4.78, 5) is 25.5. The van der Waals surface area contributed by atoms with E-state index in [-0.39, 0.29) is 25.7 Å². The van der Waals surface area contributed by atoms with E-state index in [0.29, 0.717) is 25.7 Å². The maximum Gasteiger partial charge on any atom is 0.330 e. The smallest absolute Gasteiger partial charge is 0.330 e. The molecule has 4 aliphatic rings. The molecule has 51 heavy (non-hydrogen) atoms. The Labute approximate surface area is 301 Å². The molecule has 0 amide bonds. The van der Waals surface area contributed by atoms with E-state index in [1.807, 2.05) is 46.8 Å². The van der Waals surface area contributed by atoms with Gasteiger partial charge in [-0.15, -0.1) is 0 Å². The lowest BCUT2D eigenvalue weighted by molar-refractivity contribution is -0.350. The van der Waals surface area contributed by atoms with Gasteiger partial charge in [-0.3, -0.25) is 4.79 Å². The van der Waals surface area contributed by atoms with Gasteiger partial charge in [0.15, 0.2) is 5.79 Å². The summed E-state index contributed by atoms with van der Waals surface area (Å²) >= 11 is 0. The molecule has 0 aromatic rings. The van der Waals surface area contributed by atoms with Crippen molar-refractivity contribution in [2.75, 3.05) is 21.3 Å². The summed E-state index contributed by atoms with van der Waals surface area (Å²) < 4.78 is 41.7. The van der Waals surface area contributed by atoms with Crippen LogP contribution in [0.5, 0.6) is 0 Å². The highest BCUT2D eigenvalue weighted by Gasteiger charge is 2.58. The van der Waals surface area contributed by atoms with Crippen molar-refractivity contribution in [2.24, 2.45) is 10.8 Å². The second kappa shape index (κ2) is 16.4. The first-order chi connectivity index (χ1) is 23.8. The van der Waals surface area contributed by atoms with E-state index in [0.717, 1.165) is 11.1 Å². The highest BCUT2D eigenvalue weighted by atomic mass is 16.7. The van der Waals surface area contributed by atoms with Crippen LogP contribution in [0.25, 0.3) is 0 Å². The van der Waals surface area contributed by atoms with Crippen LogP contribution in [0.2, 0.25) is 0 Å². The summed E-state index contributed by atoms with van der Waals surface area (Å²) in [5.41, 5.74) is -0.500. The minimum Gasteiger partial charge on any atom is -0.466 e. The second-order valence-electron chi connectivity index (χ2n) is 15.7. The SMILES string of the molecule is C/C=C1\CC2CC(C(C)O)OC(=O)CC(O)CC3CC(OC)C(C)(C)C(O)(CC4C/C(=C/C(=O)OC)CC(/C=C/C(C)(C)C(O)(O2)C1OC)O4)O3. The van der Waals surface area contributed by atoms with Gasteiger partial charge in [0.2, 0.25) is 5.79 Å². The number of fused-ring (bicyclic) bond motifs is 6. The zero-order valence-corrected chi connectivity index (χ0v) is 31.6. The number of cyclic esters (lactones) is 1. The van der Waals surface area contributed by atoms with Crippen LogP contribution >= 0.6 is 0 Å². The summed E-state index contributed by atoms with van der Waals surface area (Å²) in [5.74, 6) is -4.94. The van der Waals surface area contributed by atoms with Crippen LogP contribution in [0.1, 0.15) is 92.9 Å². The number of carbonyl (C=O) groups is 2. The lowest BCUT2D eigenvalue weighted by Gasteiger charge is -2.54. The average Bonchev–Trinajstić information content (AvgIpc) is 3.04. The van der Waals surface area contributed by atoms with Crippen molar-refractivity contribution >= 4 is 11.9 Å². The van der Waals surface area contributed by atoms with E-state index in [2.05, 4.69) is 0 Å². The minimum absolute atomic E-state index is 0.00193. The van der Waals surface area contributed by atoms with E-state index >= 15 is 0 Å². The number of esters is 2. The van der Waals surface area contributed by atoms with Crippen LogP contribution in [0.4, 0.5) is 0 Å². The van der Waals surface area contributed by atoms with Gasteiger partial charge in [0.05, 0.1) is 56.3 Å². The molecule has 0 aromatic heterocycles. The first-order valence-corrected chi connectivity index (χ1v) is 18.0. The molecule has 4 heterocycles. The molecule has 4 aliphatic heterocycles. The molecule has 13 nitrogen and oxygen atoms in total. The van der Waals surface area contributed by atoms with E-state index < -0.39 is 89.3 Å². The van der Waals surface area contributed by atoms with Crippen LogP contribution in [0, 0.1) is 10.8 Å². The molecule has 4 N–H and O–H groups in total. The van der Waals surface area contributed by atoms with Crippen LogP contribution in [0.3, 0.4) is 0 Å². The zero-order valence-electron chi connectivity index (χ0n) is 31.6. The molecule has 0 spiro atoms. The Morgan fingerprint density at radius 2 is 1.67 bits per heavy atom. The number of ether oxygens (including phenoxy) is 7. The molecule has 11 unspecified atom stereocenters. The van der Waals surface area contributed by atoms with E-state index in [9.17, 15) is 30.0 Å². The molecule has 6 bridgehead atoms. The first-order valence-electron chi connectivity index (χ1n) is 18.0. The van der Waals surface area contributed by atoms with E-state index in [1.54, 1.807) is 13.2 Å². The quantitative estimate of drug-likeness (QED) is 0.189. The average molecular weight is 725 g/mol. The van der Waals surface area contributed by atoms with Crippen molar-refractivity contribution in [2.45, 2.75) is 159 Å². The maximum absolute atomic E-state index is 13.2. The molecule has 3 saturated heterocycles. The third kappa shape index (κ3) is 9.13. The Bertz CT molecular complexity index is 1320. The Morgan fingerprint density at radius 1 is 0.961 bits per heavy atom. The third-order valence-electron chi connectivity index (χ3n) is 11.3. The fourth-order valence-electron chi connectivity index (χ4n) is 8.02. The number of hydrogen-bond acceptors (Lipinski definition) is 13. The van der Waals surface area contributed by atoms with Gasteiger partial charge in [-0.2, -0.15) is 0 Å². The van der Waals surface area contributed by atoms with Gasteiger partial charge < -0.3 is 53.6 Å². The molecule has 290 valence electrons. The molecule has 4 rings (SSSR count). The number of aliphatic hydroxyl groups excluding tert-OH is 2. The lowest BCUT2D eigenvalue weighted by atomic mass is 9.70. The Kier molecular flexibility index (Phi) is 13.4. The Hall–Kier alpha value is -2.20. The second-order valence-corrected chi connectivity index (χ2v) is 15.7. The molecular weight excluding hydrogens is 664 g/mol. The maximum atomic E-state index is 13.2. The highest BCUT2D eigenvalue weighted by molar-refractivity contribution is 5.82. The predicted octanol–water partition coefficient (Wildman–Crippen LogP) is 3.40. The molecule has 3 fully saturated rings. The normalized spacial score (nSPS) is 42.0. The molecular formula is C38H60O13. The Balaban J connectivity index is 1.80. The monoisotopic (exact) mass is 724 g/mol. The molecule has 0 aliphatic carbocycles. The molecule has 0 aromatic carbocycles. The number of rotatable bonds is 4. The number of methoxy groups -OCH3 is 3. The standard InChI is InChI=1S/C38H60O13/c1-10-24-16-27-19-30(22(2)39)49-33(42)18-25(40)17-28-20-31(45-7)36(5,6)37(43,50-28)21-29-14-23(15-32(41)46-8)13-26(48-29)11-12-35(3,4)38(44,51-27)34(24)47-9/h10-12,15,22,25-31,34,39-40,43-44H,13-14,16-21H2,1-9H3/b12-11+,23-15+,24-10+. The van der Waals surface area contributed by atoms with E-state index in [4.69, 9.17) is 33.2 Å². The highest BCUT2D eigenvalue weighted by Crippen LogP contribution is 2.50. The van der Waals surface area contributed by atoms with Gasteiger partial charge >= 0.3 is 11.9 Å². The Morgan fingerprint density at radius 3 is 2.27 bits per heavy atom. The summed E-state index contributed by atoms with van der Waals surface area (Å²) in [6.07, 6.45) is 0.877. The first kappa shape index (κ1) is 41.6. The number of carbonyl (C=O) groups excluding carboxylic acids is 2. The van der Waals surface area contributed by atoms with E-state index in [1.165, 1.54) is 27.2 Å². The van der Waals surface area contributed by atoms with Crippen LogP contribution in [-0.2, 0) is 42.7 Å². The van der Waals surface area contributed by atoms with Gasteiger partial charge in [-0.1, -0.05) is 51.5 Å². The fourth-order valence-corrected chi connectivity index (χ4v) is 8.02.